The van der Waals surface area contributed by atoms with Gasteiger partial charge in [0.2, 0.25) is 0 Å². The van der Waals surface area contributed by atoms with E-state index < -0.39 is 11.8 Å². The first kappa shape index (κ1) is 14.5. The lowest BCUT2D eigenvalue weighted by molar-refractivity contribution is 0.0839. The van der Waals surface area contributed by atoms with E-state index in [2.05, 4.69) is 21.2 Å². The number of carbonyl (C=O) groups excluding carboxylic acids is 2. The molecule has 2 heterocycles. The van der Waals surface area contributed by atoms with Crippen molar-refractivity contribution in [2.24, 2.45) is 7.05 Å². The molecule has 0 aliphatic heterocycles. The van der Waals surface area contributed by atoms with Crippen LogP contribution < -0.4 is 10.9 Å². The zero-order chi connectivity index (χ0) is 16.2. The highest BCUT2D eigenvalue weighted by atomic mass is 16.2. The highest BCUT2D eigenvalue weighted by molar-refractivity contribution is 5.97. The van der Waals surface area contributed by atoms with E-state index in [1.165, 1.54) is 10.9 Å². The molecule has 3 rings (SSSR count). The molecule has 0 aliphatic carbocycles. The van der Waals surface area contributed by atoms with Crippen molar-refractivity contribution < 1.29 is 9.59 Å². The van der Waals surface area contributed by atoms with E-state index in [0.717, 1.165) is 5.69 Å². The maximum atomic E-state index is 12.0. The van der Waals surface area contributed by atoms with Gasteiger partial charge in [0.1, 0.15) is 5.69 Å². The van der Waals surface area contributed by atoms with Crippen LogP contribution in [0, 0.1) is 0 Å². The van der Waals surface area contributed by atoms with E-state index in [0.29, 0.717) is 5.69 Å². The van der Waals surface area contributed by atoms with Crippen LogP contribution in [0.15, 0.2) is 54.9 Å². The Balaban J connectivity index is 1.64. The van der Waals surface area contributed by atoms with Crippen LogP contribution in [0.25, 0.3) is 5.69 Å². The second-order valence-electron chi connectivity index (χ2n) is 4.80. The number of nitrogens with zero attached hydrogens (tertiary/aromatic N) is 4. The van der Waals surface area contributed by atoms with Crippen molar-refractivity contribution in [3.8, 4) is 5.69 Å². The number of carbonyl (C=O) groups is 2. The van der Waals surface area contributed by atoms with Crippen molar-refractivity contribution in [1.29, 1.82) is 0 Å². The summed E-state index contributed by atoms with van der Waals surface area (Å²) in [6.07, 6.45) is 3.22. The average Bonchev–Trinajstić information content (AvgIpc) is 3.22. The minimum atomic E-state index is -0.547. The fourth-order valence-corrected chi connectivity index (χ4v) is 2.01. The topological polar surface area (TPSA) is 93.8 Å². The molecule has 0 saturated heterocycles. The van der Waals surface area contributed by atoms with E-state index in [1.807, 2.05) is 30.3 Å². The molecule has 0 atom stereocenters. The fourth-order valence-electron chi connectivity index (χ4n) is 2.01. The van der Waals surface area contributed by atoms with E-state index in [9.17, 15) is 9.59 Å². The van der Waals surface area contributed by atoms with E-state index in [-0.39, 0.29) is 5.69 Å². The van der Waals surface area contributed by atoms with Crippen LogP contribution in [0.4, 0.5) is 0 Å². The first-order valence-electron chi connectivity index (χ1n) is 6.85. The Morgan fingerprint density at radius 1 is 1.00 bits per heavy atom. The summed E-state index contributed by atoms with van der Waals surface area (Å²) in [4.78, 5) is 23.9. The van der Waals surface area contributed by atoms with Gasteiger partial charge < -0.3 is 4.57 Å². The third kappa shape index (κ3) is 3.10. The molecule has 0 radical (unpaired) electrons. The predicted molar refractivity (Wildman–Crippen MR) is 81.7 cm³/mol. The summed E-state index contributed by atoms with van der Waals surface area (Å²) in [5.41, 5.74) is 5.96. The highest BCUT2D eigenvalue weighted by Gasteiger charge is 2.14. The summed E-state index contributed by atoms with van der Waals surface area (Å²) in [5.74, 6) is -0.962. The molecular formula is C15H14N6O2. The number of aryl methyl sites for hydroxylation is 1. The van der Waals surface area contributed by atoms with Crippen molar-refractivity contribution >= 4 is 11.8 Å². The Hall–Kier alpha value is -3.42. The van der Waals surface area contributed by atoms with Gasteiger partial charge in [-0.25, -0.2) is 4.68 Å². The molecule has 0 saturated carbocycles. The van der Waals surface area contributed by atoms with Gasteiger partial charge in [-0.1, -0.05) is 23.4 Å². The van der Waals surface area contributed by atoms with Gasteiger partial charge in [-0.3, -0.25) is 20.4 Å². The SMILES string of the molecule is Cn1cccc1C(=O)NNC(=O)c1cn(-c2ccccc2)nn1. The maximum absolute atomic E-state index is 12.0. The number of aromatic nitrogens is 4. The molecule has 2 aromatic heterocycles. The van der Waals surface area contributed by atoms with Crippen LogP contribution in [0.1, 0.15) is 21.0 Å². The number of nitrogens with one attached hydrogen (secondary N) is 2. The molecule has 116 valence electrons. The van der Waals surface area contributed by atoms with Gasteiger partial charge in [-0.2, -0.15) is 0 Å². The lowest BCUT2D eigenvalue weighted by Gasteiger charge is -2.06. The second kappa shape index (κ2) is 6.14. The van der Waals surface area contributed by atoms with E-state index >= 15 is 0 Å². The molecule has 0 bridgehead atoms. The minimum absolute atomic E-state index is 0.0982. The molecule has 0 unspecified atom stereocenters. The summed E-state index contributed by atoms with van der Waals surface area (Å²) < 4.78 is 3.13. The van der Waals surface area contributed by atoms with Crippen molar-refractivity contribution in [2.45, 2.75) is 0 Å². The molecule has 0 fully saturated rings. The second-order valence-corrected chi connectivity index (χ2v) is 4.80. The minimum Gasteiger partial charge on any atom is -0.347 e. The highest BCUT2D eigenvalue weighted by Crippen LogP contribution is 2.05. The Labute approximate surface area is 131 Å². The van der Waals surface area contributed by atoms with Crippen LogP contribution in [0.3, 0.4) is 0 Å². The van der Waals surface area contributed by atoms with Crippen LogP contribution in [0.2, 0.25) is 0 Å². The molecule has 2 N–H and O–H groups in total. The van der Waals surface area contributed by atoms with Gasteiger partial charge in [0.25, 0.3) is 11.8 Å². The summed E-state index contributed by atoms with van der Waals surface area (Å²) in [6.45, 7) is 0. The number of hydrogen-bond donors (Lipinski definition) is 2. The lowest BCUT2D eigenvalue weighted by atomic mass is 10.3. The van der Waals surface area contributed by atoms with Crippen molar-refractivity contribution in [3.63, 3.8) is 0 Å². The Morgan fingerprint density at radius 2 is 1.74 bits per heavy atom. The summed E-state index contributed by atoms with van der Waals surface area (Å²) in [7, 11) is 1.74. The van der Waals surface area contributed by atoms with Crippen molar-refractivity contribution in [2.75, 3.05) is 0 Å². The Kier molecular flexibility index (Phi) is 3.88. The van der Waals surface area contributed by atoms with Gasteiger partial charge in [0.05, 0.1) is 11.9 Å². The molecule has 3 aromatic rings. The predicted octanol–water partition coefficient (Wildman–Crippen LogP) is 0.681. The molecule has 0 spiro atoms. The lowest BCUT2D eigenvalue weighted by Crippen LogP contribution is -2.42. The first-order chi connectivity index (χ1) is 11.1. The number of amides is 2. The maximum Gasteiger partial charge on any atom is 0.291 e. The summed E-state index contributed by atoms with van der Waals surface area (Å²) in [6, 6.07) is 12.7. The van der Waals surface area contributed by atoms with Gasteiger partial charge in [0.15, 0.2) is 5.69 Å². The smallest absolute Gasteiger partial charge is 0.291 e. The van der Waals surface area contributed by atoms with E-state index in [1.54, 1.807) is 29.9 Å². The first-order valence-corrected chi connectivity index (χ1v) is 6.85. The molecule has 8 nitrogen and oxygen atoms in total. The zero-order valence-electron chi connectivity index (χ0n) is 12.3. The summed E-state index contributed by atoms with van der Waals surface area (Å²) in [5, 5.41) is 7.68. The normalized spacial score (nSPS) is 10.3. The van der Waals surface area contributed by atoms with Crippen LogP contribution in [0.5, 0.6) is 0 Å². The number of hydrazine groups is 1. The van der Waals surface area contributed by atoms with Gasteiger partial charge in [-0.15, -0.1) is 5.10 Å². The largest absolute Gasteiger partial charge is 0.347 e. The van der Waals surface area contributed by atoms with E-state index in [4.69, 9.17) is 0 Å². The molecule has 8 heteroatoms. The molecule has 1 aromatic carbocycles. The number of hydrogen-bond acceptors (Lipinski definition) is 4. The number of benzene rings is 1. The molecule has 0 aliphatic rings. The fraction of sp³-hybridized carbons (Fsp3) is 0.0667. The van der Waals surface area contributed by atoms with Gasteiger partial charge in [0, 0.05) is 13.2 Å². The van der Waals surface area contributed by atoms with Gasteiger partial charge >= 0.3 is 0 Å². The average molecular weight is 310 g/mol. The quantitative estimate of drug-likeness (QED) is 0.696. The van der Waals surface area contributed by atoms with Crippen LogP contribution >= 0.6 is 0 Å². The number of rotatable bonds is 3. The third-order valence-corrected chi connectivity index (χ3v) is 3.21. The third-order valence-electron chi connectivity index (χ3n) is 3.21. The molecular weight excluding hydrogens is 296 g/mol. The molecule has 23 heavy (non-hydrogen) atoms. The standard InChI is InChI=1S/C15H14N6O2/c1-20-9-5-8-13(20)15(23)18-17-14(22)12-10-21(19-16-12)11-6-3-2-4-7-11/h2-10H,1H3,(H,17,22)(H,18,23). The molecule has 2 amide bonds. The van der Waals surface area contributed by atoms with Crippen molar-refractivity contribution in [1.82, 2.24) is 30.4 Å². The summed E-state index contributed by atoms with van der Waals surface area (Å²) >= 11 is 0. The monoisotopic (exact) mass is 310 g/mol. The zero-order valence-corrected chi connectivity index (χ0v) is 12.3. The Bertz CT molecular complexity index is 837. The van der Waals surface area contributed by atoms with Crippen LogP contribution in [-0.4, -0.2) is 31.4 Å². The van der Waals surface area contributed by atoms with Gasteiger partial charge in [-0.05, 0) is 24.3 Å². The van der Waals surface area contributed by atoms with Crippen molar-refractivity contribution in [3.05, 3.63) is 66.2 Å². The van der Waals surface area contributed by atoms with Crippen LogP contribution in [-0.2, 0) is 7.05 Å². The Morgan fingerprint density at radius 3 is 2.43 bits per heavy atom. The number of para-hydroxylation sites is 1.